The minimum absolute atomic E-state index is 0.0373. The van der Waals surface area contributed by atoms with Gasteiger partial charge in [0.05, 0.1) is 12.1 Å². The lowest BCUT2D eigenvalue weighted by molar-refractivity contribution is -0.274. The minimum atomic E-state index is -4.89. The lowest BCUT2D eigenvalue weighted by Gasteiger charge is -2.35. The Labute approximate surface area is 128 Å². The first kappa shape index (κ1) is 15.5. The number of fused-ring (bicyclic) bond motifs is 1. The van der Waals surface area contributed by atoms with E-state index in [0.29, 0.717) is 17.5 Å². The average Bonchev–Trinajstić information content (AvgIpc) is 2.46. The fraction of sp³-hybridized carbons (Fsp3) is 0.267. The molecule has 122 valence electrons. The molecule has 1 aromatic heterocycles. The molecule has 1 aromatic carbocycles. The lowest BCUT2D eigenvalue weighted by Crippen LogP contribution is -2.44. The molecular formula is C15H12F4N2O2. The Kier molecular flexibility index (Phi) is 3.63. The number of nitrogens with two attached hydrogens (primary N) is 1. The maximum atomic E-state index is 14.4. The van der Waals surface area contributed by atoms with Gasteiger partial charge in [0.1, 0.15) is 23.0 Å². The zero-order valence-corrected chi connectivity index (χ0v) is 11.7. The van der Waals surface area contributed by atoms with E-state index in [4.69, 9.17) is 10.5 Å². The maximum absolute atomic E-state index is 14.4. The van der Waals surface area contributed by atoms with Gasteiger partial charge in [0.25, 0.3) is 0 Å². The first-order chi connectivity index (χ1) is 10.8. The largest absolute Gasteiger partial charge is 0.573 e. The summed E-state index contributed by atoms with van der Waals surface area (Å²) in [6, 6.07) is 6.18. The molecule has 1 atom stereocenters. The number of ether oxygens (including phenoxy) is 2. The highest BCUT2D eigenvalue weighted by molar-refractivity contribution is 5.45. The third kappa shape index (κ3) is 2.94. The van der Waals surface area contributed by atoms with Gasteiger partial charge in [0.2, 0.25) is 0 Å². The normalized spacial score (nSPS) is 20.6. The number of aromatic nitrogens is 1. The van der Waals surface area contributed by atoms with Crippen molar-refractivity contribution in [2.75, 3.05) is 6.61 Å². The average molecular weight is 328 g/mol. The van der Waals surface area contributed by atoms with E-state index in [1.165, 1.54) is 12.3 Å². The lowest BCUT2D eigenvalue weighted by atomic mass is 9.82. The quantitative estimate of drug-likeness (QED) is 0.861. The molecule has 0 radical (unpaired) electrons. The van der Waals surface area contributed by atoms with E-state index in [1.807, 2.05) is 0 Å². The fourth-order valence-electron chi connectivity index (χ4n) is 2.60. The summed E-state index contributed by atoms with van der Waals surface area (Å²) in [5, 5.41) is 0. The van der Waals surface area contributed by atoms with Crippen molar-refractivity contribution in [3.05, 3.63) is 53.6 Å². The van der Waals surface area contributed by atoms with E-state index in [-0.39, 0.29) is 18.6 Å². The van der Waals surface area contributed by atoms with Gasteiger partial charge in [-0.1, -0.05) is 6.07 Å². The summed E-state index contributed by atoms with van der Waals surface area (Å²) in [7, 11) is 0. The van der Waals surface area contributed by atoms with Gasteiger partial charge in [-0.15, -0.1) is 13.2 Å². The van der Waals surface area contributed by atoms with Gasteiger partial charge < -0.3 is 15.2 Å². The number of nitrogens with zero attached hydrogens (tertiary/aromatic N) is 1. The summed E-state index contributed by atoms with van der Waals surface area (Å²) in [5.41, 5.74) is 5.42. The van der Waals surface area contributed by atoms with Crippen molar-refractivity contribution < 1.29 is 27.0 Å². The zero-order chi connectivity index (χ0) is 16.7. The highest BCUT2D eigenvalue weighted by atomic mass is 19.4. The summed E-state index contributed by atoms with van der Waals surface area (Å²) in [5.74, 6) is -1.11. The zero-order valence-electron chi connectivity index (χ0n) is 11.7. The molecule has 23 heavy (non-hydrogen) atoms. The van der Waals surface area contributed by atoms with Crippen LogP contribution in [0.5, 0.6) is 11.5 Å². The van der Waals surface area contributed by atoms with E-state index < -0.39 is 23.5 Å². The molecule has 0 saturated carbocycles. The molecule has 3 rings (SSSR count). The van der Waals surface area contributed by atoms with Crippen LogP contribution in [0.25, 0.3) is 0 Å². The van der Waals surface area contributed by atoms with Gasteiger partial charge in [-0.25, -0.2) is 4.39 Å². The predicted octanol–water partition coefficient (Wildman–Crippen LogP) is 3.10. The molecule has 0 unspecified atom stereocenters. The summed E-state index contributed by atoms with van der Waals surface area (Å²) in [4.78, 5) is 4.14. The Hall–Kier alpha value is -2.35. The number of halogens is 4. The first-order valence-electron chi connectivity index (χ1n) is 6.72. The van der Waals surface area contributed by atoms with Crippen LogP contribution in [-0.4, -0.2) is 18.0 Å². The standard InChI is InChI=1S/C15H12F4N2O2/c16-11-8-9(23-15(17,18)19)3-4-10(11)14(20)5-7-22-12-2-1-6-21-13(12)14/h1-4,6,8H,5,7,20H2/t14-/m0/s1. The van der Waals surface area contributed by atoms with Gasteiger partial charge in [-0.2, -0.15) is 0 Å². The topological polar surface area (TPSA) is 57.4 Å². The van der Waals surface area contributed by atoms with Crippen LogP contribution < -0.4 is 15.2 Å². The van der Waals surface area contributed by atoms with Crippen LogP contribution in [0.2, 0.25) is 0 Å². The number of hydrogen-bond acceptors (Lipinski definition) is 4. The molecule has 2 heterocycles. The van der Waals surface area contributed by atoms with Crippen molar-refractivity contribution in [2.45, 2.75) is 18.3 Å². The Balaban J connectivity index is 2.02. The molecule has 2 N–H and O–H groups in total. The SMILES string of the molecule is N[C@]1(c2ccc(OC(F)(F)F)cc2F)CCOc2cccnc21. The van der Waals surface area contributed by atoms with Gasteiger partial charge >= 0.3 is 6.36 Å². The second kappa shape index (κ2) is 5.38. The van der Waals surface area contributed by atoms with E-state index in [9.17, 15) is 17.6 Å². The predicted molar refractivity (Wildman–Crippen MR) is 72.4 cm³/mol. The highest BCUT2D eigenvalue weighted by Gasteiger charge is 2.39. The molecule has 0 bridgehead atoms. The molecule has 0 fully saturated rings. The monoisotopic (exact) mass is 328 g/mol. The van der Waals surface area contributed by atoms with E-state index in [0.717, 1.165) is 6.07 Å². The summed E-state index contributed by atoms with van der Waals surface area (Å²) in [6.07, 6.45) is -3.15. The number of alkyl halides is 3. The van der Waals surface area contributed by atoms with Crippen LogP contribution in [0.4, 0.5) is 17.6 Å². The first-order valence-corrected chi connectivity index (χ1v) is 6.72. The number of benzene rings is 1. The van der Waals surface area contributed by atoms with Crippen LogP contribution in [0.1, 0.15) is 17.7 Å². The number of rotatable bonds is 2. The van der Waals surface area contributed by atoms with Crippen LogP contribution in [-0.2, 0) is 5.54 Å². The van der Waals surface area contributed by atoms with Crippen molar-refractivity contribution in [3.63, 3.8) is 0 Å². The summed E-state index contributed by atoms with van der Waals surface area (Å²) in [6.45, 7) is 0.245. The Bertz CT molecular complexity index is 736. The van der Waals surface area contributed by atoms with Crippen LogP contribution >= 0.6 is 0 Å². The fourth-order valence-corrected chi connectivity index (χ4v) is 2.60. The Morgan fingerprint density at radius 3 is 2.74 bits per heavy atom. The van der Waals surface area contributed by atoms with Gasteiger partial charge in [-0.3, -0.25) is 4.98 Å². The second-order valence-corrected chi connectivity index (χ2v) is 5.11. The van der Waals surface area contributed by atoms with Gasteiger partial charge in [-0.05, 0) is 18.2 Å². The summed E-state index contributed by atoms with van der Waals surface area (Å²) >= 11 is 0. The molecule has 4 nitrogen and oxygen atoms in total. The smallest absolute Gasteiger partial charge is 0.491 e. The van der Waals surface area contributed by atoms with Gasteiger partial charge in [0, 0.05) is 24.2 Å². The maximum Gasteiger partial charge on any atom is 0.573 e. The minimum Gasteiger partial charge on any atom is -0.491 e. The van der Waals surface area contributed by atoms with E-state index in [1.54, 1.807) is 12.1 Å². The molecular weight excluding hydrogens is 316 g/mol. The number of pyridine rings is 1. The van der Waals surface area contributed by atoms with E-state index in [2.05, 4.69) is 9.72 Å². The van der Waals surface area contributed by atoms with Gasteiger partial charge in [0.15, 0.2) is 0 Å². The van der Waals surface area contributed by atoms with Crippen molar-refractivity contribution >= 4 is 0 Å². The van der Waals surface area contributed by atoms with Crippen LogP contribution in [0.3, 0.4) is 0 Å². The number of hydrogen-bond donors (Lipinski definition) is 1. The summed E-state index contributed by atoms with van der Waals surface area (Å²) < 4.78 is 60.1. The molecule has 1 aliphatic rings. The van der Waals surface area contributed by atoms with Crippen molar-refractivity contribution in [2.24, 2.45) is 5.73 Å². The van der Waals surface area contributed by atoms with Crippen LogP contribution in [0, 0.1) is 5.82 Å². The highest BCUT2D eigenvalue weighted by Crippen LogP contribution is 2.40. The van der Waals surface area contributed by atoms with Crippen molar-refractivity contribution in [3.8, 4) is 11.5 Å². The Morgan fingerprint density at radius 2 is 2.04 bits per heavy atom. The second-order valence-electron chi connectivity index (χ2n) is 5.11. The molecule has 0 saturated heterocycles. The molecule has 1 aliphatic heterocycles. The molecule has 0 aliphatic carbocycles. The van der Waals surface area contributed by atoms with Crippen molar-refractivity contribution in [1.29, 1.82) is 0 Å². The molecule has 2 aromatic rings. The third-order valence-corrected chi connectivity index (χ3v) is 3.60. The Morgan fingerprint density at radius 1 is 1.26 bits per heavy atom. The molecule has 8 heteroatoms. The molecule has 0 spiro atoms. The van der Waals surface area contributed by atoms with E-state index >= 15 is 0 Å². The third-order valence-electron chi connectivity index (χ3n) is 3.60. The van der Waals surface area contributed by atoms with Crippen LogP contribution in [0.15, 0.2) is 36.5 Å². The van der Waals surface area contributed by atoms with Crippen molar-refractivity contribution in [1.82, 2.24) is 4.98 Å². The molecule has 0 amide bonds.